The quantitative estimate of drug-likeness (QED) is 0.309. The monoisotopic (exact) mass is 533 g/mol. The molecular formula is C23H28IN5O2. The highest BCUT2D eigenvalue weighted by Crippen LogP contribution is 2.33. The van der Waals surface area contributed by atoms with E-state index in [1.165, 1.54) is 16.7 Å². The standard InChI is InChI=1S/C23H27N5O2.HI/c1-24-23(25-15-17-5-7-20(8-6-17)28-11-4-10-26-28)27-12-9-18-13-21(29-2)22(30-3)14-19(18)16-27;/h4-8,10-11,13-14H,9,12,15-16H2,1-3H3,(H,24,25);1H. The molecule has 0 saturated heterocycles. The number of halogens is 1. The molecule has 0 unspecified atom stereocenters. The van der Waals surface area contributed by atoms with E-state index in [-0.39, 0.29) is 24.0 Å². The lowest BCUT2D eigenvalue weighted by molar-refractivity contribution is 0.346. The third kappa shape index (κ3) is 5.12. The number of guanidine groups is 1. The second-order valence-electron chi connectivity index (χ2n) is 7.17. The number of methoxy groups -OCH3 is 2. The first-order valence-corrected chi connectivity index (χ1v) is 10.00. The van der Waals surface area contributed by atoms with Crippen LogP contribution in [0.4, 0.5) is 0 Å². The van der Waals surface area contributed by atoms with Gasteiger partial charge in [0.2, 0.25) is 0 Å². The van der Waals surface area contributed by atoms with Crippen LogP contribution in [-0.2, 0) is 19.5 Å². The molecule has 0 radical (unpaired) electrons. The maximum Gasteiger partial charge on any atom is 0.194 e. The van der Waals surface area contributed by atoms with Gasteiger partial charge in [0.25, 0.3) is 0 Å². The Morgan fingerprint density at radius 1 is 1.10 bits per heavy atom. The second-order valence-corrected chi connectivity index (χ2v) is 7.17. The fourth-order valence-corrected chi connectivity index (χ4v) is 3.77. The van der Waals surface area contributed by atoms with Crippen molar-refractivity contribution >= 4 is 29.9 Å². The van der Waals surface area contributed by atoms with Gasteiger partial charge in [-0.05, 0) is 53.4 Å². The topological polar surface area (TPSA) is 63.9 Å². The summed E-state index contributed by atoms with van der Waals surface area (Å²) in [5, 5.41) is 7.75. The predicted molar refractivity (Wildman–Crippen MR) is 133 cm³/mol. The molecule has 0 amide bonds. The van der Waals surface area contributed by atoms with Crippen molar-refractivity contribution in [2.24, 2.45) is 4.99 Å². The molecule has 0 spiro atoms. The molecule has 3 aromatic rings. The number of fused-ring (bicyclic) bond motifs is 1. The van der Waals surface area contributed by atoms with Crippen LogP contribution >= 0.6 is 24.0 Å². The molecule has 1 aromatic heterocycles. The average molecular weight is 533 g/mol. The van der Waals surface area contributed by atoms with E-state index in [4.69, 9.17) is 9.47 Å². The SMILES string of the molecule is CN=C(NCc1ccc(-n2cccn2)cc1)N1CCc2cc(OC)c(OC)cc2C1.I. The molecule has 0 fully saturated rings. The largest absolute Gasteiger partial charge is 0.493 e. The maximum atomic E-state index is 5.47. The predicted octanol–water partition coefficient (Wildman–Crippen LogP) is 3.64. The summed E-state index contributed by atoms with van der Waals surface area (Å²) in [4.78, 5) is 6.77. The zero-order valence-corrected chi connectivity index (χ0v) is 20.4. The van der Waals surface area contributed by atoms with Gasteiger partial charge >= 0.3 is 0 Å². The van der Waals surface area contributed by atoms with Gasteiger partial charge in [-0.25, -0.2) is 4.68 Å². The van der Waals surface area contributed by atoms with E-state index in [1.54, 1.807) is 20.4 Å². The molecule has 8 heteroatoms. The molecule has 164 valence electrons. The summed E-state index contributed by atoms with van der Waals surface area (Å²) < 4.78 is 12.8. The first kappa shape index (κ1) is 22.9. The Morgan fingerprint density at radius 3 is 2.42 bits per heavy atom. The molecule has 1 aliphatic rings. The minimum absolute atomic E-state index is 0. The Kier molecular flexibility index (Phi) is 7.78. The Hall–Kier alpha value is -2.75. The number of benzene rings is 2. The Balaban J connectivity index is 0.00000272. The van der Waals surface area contributed by atoms with Crippen molar-refractivity contribution in [1.29, 1.82) is 0 Å². The van der Waals surface area contributed by atoms with Crippen molar-refractivity contribution < 1.29 is 9.47 Å². The van der Waals surface area contributed by atoms with Crippen molar-refractivity contribution in [3.8, 4) is 17.2 Å². The van der Waals surface area contributed by atoms with Crippen molar-refractivity contribution in [2.45, 2.75) is 19.5 Å². The summed E-state index contributed by atoms with van der Waals surface area (Å²) >= 11 is 0. The van der Waals surface area contributed by atoms with Gasteiger partial charge in [-0.2, -0.15) is 5.10 Å². The number of ether oxygens (including phenoxy) is 2. The minimum atomic E-state index is 0. The minimum Gasteiger partial charge on any atom is -0.493 e. The maximum absolute atomic E-state index is 5.47. The normalized spacial score (nSPS) is 13.3. The van der Waals surface area contributed by atoms with Gasteiger partial charge in [0.05, 0.1) is 19.9 Å². The zero-order chi connectivity index (χ0) is 20.9. The van der Waals surface area contributed by atoms with Crippen molar-refractivity contribution in [1.82, 2.24) is 20.0 Å². The Labute approximate surface area is 200 Å². The van der Waals surface area contributed by atoms with Gasteiger partial charge in [-0.15, -0.1) is 24.0 Å². The molecule has 0 bridgehead atoms. The third-order valence-electron chi connectivity index (χ3n) is 5.39. The third-order valence-corrected chi connectivity index (χ3v) is 5.39. The Bertz CT molecular complexity index is 1020. The molecule has 2 aromatic carbocycles. The van der Waals surface area contributed by atoms with Crippen LogP contribution in [0, 0.1) is 0 Å². The van der Waals surface area contributed by atoms with Gasteiger partial charge in [0, 0.05) is 39.1 Å². The molecule has 0 saturated carbocycles. The van der Waals surface area contributed by atoms with E-state index < -0.39 is 0 Å². The van der Waals surface area contributed by atoms with E-state index >= 15 is 0 Å². The van der Waals surface area contributed by atoms with Crippen LogP contribution in [0.5, 0.6) is 11.5 Å². The van der Waals surface area contributed by atoms with Crippen LogP contribution in [-0.4, -0.2) is 48.5 Å². The van der Waals surface area contributed by atoms with Crippen molar-refractivity contribution in [3.63, 3.8) is 0 Å². The Morgan fingerprint density at radius 2 is 1.81 bits per heavy atom. The fourth-order valence-electron chi connectivity index (χ4n) is 3.77. The van der Waals surface area contributed by atoms with Crippen molar-refractivity contribution in [3.05, 3.63) is 71.5 Å². The lowest BCUT2D eigenvalue weighted by Crippen LogP contribution is -2.43. The number of hydrogen-bond acceptors (Lipinski definition) is 4. The van der Waals surface area contributed by atoms with Gasteiger partial charge in [0.15, 0.2) is 17.5 Å². The number of nitrogens with one attached hydrogen (secondary N) is 1. The van der Waals surface area contributed by atoms with E-state index in [0.29, 0.717) is 6.54 Å². The van der Waals surface area contributed by atoms with Gasteiger partial charge in [-0.3, -0.25) is 4.99 Å². The molecule has 1 aliphatic heterocycles. The number of nitrogens with zero attached hydrogens (tertiary/aromatic N) is 4. The highest BCUT2D eigenvalue weighted by molar-refractivity contribution is 14.0. The van der Waals surface area contributed by atoms with Crippen LogP contribution < -0.4 is 14.8 Å². The van der Waals surface area contributed by atoms with E-state index in [1.807, 2.05) is 24.0 Å². The molecule has 31 heavy (non-hydrogen) atoms. The average Bonchev–Trinajstić information content (AvgIpc) is 3.34. The lowest BCUT2D eigenvalue weighted by atomic mass is 9.99. The first-order valence-electron chi connectivity index (χ1n) is 10.00. The summed E-state index contributed by atoms with van der Waals surface area (Å²) in [5.74, 6) is 2.44. The molecule has 1 N–H and O–H groups in total. The smallest absolute Gasteiger partial charge is 0.194 e. The first-order chi connectivity index (χ1) is 14.7. The lowest BCUT2D eigenvalue weighted by Gasteiger charge is -2.32. The number of rotatable bonds is 5. The van der Waals surface area contributed by atoms with Crippen LogP contribution in [0.2, 0.25) is 0 Å². The summed E-state index contributed by atoms with van der Waals surface area (Å²) in [7, 11) is 5.17. The van der Waals surface area contributed by atoms with E-state index in [0.717, 1.165) is 42.7 Å². The highest BCUT2D eigenvalue weighted by Gasteiger charge is 2.21. The highest BCUT2D eigenvalue weighted by atomic mass is 127. The number of aromatic nitrogens is 2. The molecule has 0 atom stereocenters. The summed E-state index contributed by atoms with van der Waals surface area (Å²) in [5.41, 5.74) is 4.78. The number of aliphatic imine (C=N–C) groups is 1. The summed E-state index contributed by atoms with van der Waals surface area (Å²) in [6, 6.07) is 14.4. The summed E-state index contributed by atoms with van der Waals surface area (Å²) in [6.45, 7) is 2.40. The zero-order valence-electron chi connectivity index (χ0n) is 18.0. The molecular weight excluding hydrogens is 505 g/mol. The molecule has 0 aliphatic carbocycles. The van der Waals surface area contributed by atoms with Gasteiger partial charge in [-0.1, -0.05) is 12.1 Å². The van der Waals surface area contributed by atoms with Gasteiger partial charge < -0.3 is 19.7 Å². The summed E-state index contributed by atoms with van der Waals surface area (Å²) in [6.07, 6.45) is 4.66. The molecule has 7 nitrogen and oxygen atoms in total. The van der Waals surface area contributed by atoms with Crippen LogP contribution in [0.3, 0.4) is 0 Å². The molecule has 4 rings (SSSR count). The van der Waals surface area contributed by atoms with Crippen LogP contribution in [0.25, 0.3) is 5.69 Å². The second kappa shape index (κ2) is 10.5. The fraction of sp³-hybridized carbons (Fsp3) is 0.304. The van der Waals surface area contributed by atoms with Gasteiger partial charge in [0.1, 0.15) is 0 Å². The van der Waals surface area contributed by atoms with Crippen LogP contribution in [0.1, 0.15) is 16.7 Å². The number of hydrogen-bond donors (Lipinski definition) is 1. The van der Waals surface area contributed by atoms with Crippen LogP contribution in [0.15, 0.2) is 59.9 Å². The van der Waals surface area contributed by atoms with Crippen molar-refractivity contribution in [2.75, 3.05) is 27.8 Å². The molecule has 2 heterocycles. The van der Waals surface area contributed by atoms with E-state index in [9.17, 15) is 0 Å². The van der Waals surface area contributed by atoms with E-state index in [2.05, 4.69) is 56.7 Å².